The van der Waals surface area contributed by atoms with Crippen molar-refractivity contribution in [2.75, 3.05) is 12.3 Å². The number of nitrogen functional groups attached to an aromatic ring is 1. The molecule has 0 saturated heterocycles. The van der Waals surface area contributed by atoms with Crippen molar-refractivity contribution < 1.29 is 4.74 Å². The molecule has 94 valence electrons. The third kappa shape index (κ3) is 2.65. The number of aromatic amines is 1. The molecular weight excluding hydrogens is 250 g/mol. The molecule has 0 amide bonds. The summed E-state index contributed by atoms with van der Waals surface area (Å²) in [6, 6.07) is 5.50. The van der Waals surface area contributed by atoms with Crippen LogP contribution in [0.1, 0.15) is 6.92 Å². The van der Waals surface area contributed by atoms with Crippen LogP contribution in [0.25, 0.3) is 11.1 Å². The van der Waals surface area contributed by atoms with Gasteiger partial charge >= 0.3 is 0 Å². The van der Waals surface area contributed by atoms with E-state index >= 15 is 0 Å². The number of hydrogen-bond acceptors (Lipinski definition) is 3. The maximum atomic E-state index is 6.16. The number of nitrogens with one attached hydrogen (secondary N) is 1. The van der Waals surface area contributed by atoms with E-state index in [2.05, 4.69) is 16.8 Å². The van der Waals surface area contributed by atoms with Crippen molar-refractivity contribution in [3.05, 3.63) is 41.6 Å². The molecule has 18 heavy (non-hydrogen) atoms. The van der Waals surface area contributed by atoms with E-state index in [4.69, 9.17) is 22.1 Å². The predicted molar refractivity (Wildman–Crippen MR) is 73.8 cm³/mol. The Morgan fingerprint density at radius 3 is 2.89 bits per heavy atom. The number of aromatic nitrogens is 2. The van der Waals surface area contributed by atoms with Crippen LogP contribution in [-0.4, -0.2) is 16.8 Å². The highest BCUT2D eigenvalue weighted by Gasteiger charge is 2.08. The third-order valence-electron chi connectivity index (χ3n) is 2.39. The molecule has 1 aromatic heterocycles. The first kappa shape index (κ1) is 12.5. The van der Waals surface area contributed by atoms with E-state index in [1.165, 1.54) is 0 Å². The van der Waals surface area contributed by atoms with Gasteiger partial charge in [0.05, 0.1) is 11.2 Å². The van der Waals surface area contributed by atoms with Crippen LogP contribution in [0.2, 0.25) is 5.02 Å². The number of rotatable bonds is 4. The van der Waals surface area contributed by atoms with E-state index in [0.29, 0.717) is 23.2 Å². The van der Waals surface area contributed by atoms with E-state index in [0.717, 1.165) is 16.7 Å². The summed E-state index contributed by atoms with van der Waals surface area (Å²) in [6.07, 6.45) is 1.66. The Morgan fingerprint density at radius 1 is 1.56 bits per heavy atom. The summed E-state index contributed by atoms with van der Waals surface area (Å²) in [5.74, 6) is 1.15. The van der Waals surface area contributed by atoms with Gasteiger partial charge in [-0.3, -0.25) is 5.10 Å². The number of halogens is 1. The van der Waals surface area contributed by atoms with Crippen molar-refractivity contribution in [2.24, 2.45) is 0 Å². The zero-order valence-corrected chi connectivity index (χ0v) is 10.8. The summed E-state index contributed by atoms with van der Waals surface area (Å²) < 4.78 is 5.51. The number of anilines is 1. The highest BCUT2D eigenvalue weighted by atomic mass is 35.5. The van der Waals surface area contributed by atoms with Crippen molar-refractivity contribution in [3.63, 3.8) is 0 Å². The summed E-state index contributed by atoms with van der Waals surface area (Å²) >= 11 is 6.16. The minimum atomic E-state index is 0.451. The van der Waals surface area contributed by atoms with Crippen LogP contribution >= 0.6 is 11.6 Å². The Hall–Kier alpha value is -1.94. The summed E-state index contributed by atoms with van der Waals surface area (Å²) in [7, 11) is 0. The van der Waals surface area contributed by atoms with Gasteiger partial charge < -0.3 is 10.5 Å². The number of ether oxygens (including phenoxy) is 1. The molecule has 0 spiro atoms. The van der Waals surface area contributed by atoms with Gasteiger partial charge in [0.1, 0.15) is 18.2 Å². The standard InChI is InChI=1S/C13H14ClN3O/c1-8(2)7-18-12-4-3-9(5-11(12)14)10-6-16-17-13(10)15/h3-6H,1,7H2,2H3,(H3,15,16,17). The number of nitrogens with two attached hydrogens (primary N) is 1. The molecular formula is C13H14ClN3O. The fraction of sp³-hybridized carbons (Fsp3) is 0.154. The van der Waals surface area contributed by atoms with Gasteiger partial charge in [-0.2, -0.15) is 5.10 Å². The van der Waals surface area contributed by atoms with E-state index in [9.17, 15) is 0 Å². The van der Waals surface area contributed by atoms with Crippen LogP contribution in [-0.2, 0) is 0 Å². The summed E-state index contributed by atoms with van der Waals surface area (Å²) in [4.78, 5) is 0. The van der Waals surface area contributed by atoms with Gasteiger partial charge in [0.2, 0.25) is 0 Å². The maximum absolute atomic E-state index is 6.16. The highest BCUT2D eigenvalue weighted by molar-refractivity contribution is 6.32. The molecule has 0 atom stereocenters. The molecule has 4 nitrogen and oxygen atoms in total. The van der Waals surface area contributed by atoms with Crippen molar-refractivity contribution in [1.29, 1.82) is 0 Å². The fourth-order valence-corrected chi connectivity index (χ4v) is 1.75. The molecule has 0 aliphatic heterocycles. The smallest absolute Gasteiger partial charge is 0.138 e. The second-order valence-corrected chi connectivity index (χ2v) is 4.50. The molecule has 2 rings (SSSR count). The van der Waals surface area contributed by atoms with Gasteiger partial charge in [0, 0.05) is 5.56 Å². The Balaban J connectivity index is 2.25. The van der Waals surface area contributed by atoms with Gasteiger partial charge in [-0.05, 0) is 30.2 Å². The minimum Gasteiger partial charge on any atom is -0.488 e. The molecule has 1 heterocycles. The largest absolute Gasteiger partial charge is 0.488 e. The van der Waals surface area contributed by atoms with E-state index < -0.39 is 0 Å². The van der Waals surface area contributed by atoms with Crippen LogP contribution in [0.3, 0.4) is 0 Å². The molecule has 2 aromatic rings. The van der Waals surface area contributed by atoms with Crippen molar-refractivity contribution in [3.8, 4) is 16.9 Å². The molecule has 0 fully saturated rings. The lowest BCUT2D eigenvalue weighted by atomic mass is 10.1. The molecule has 0 unspecified atom stereocenters. The summed E-state index contributed by atoms with van der Waals surface area (Å²) in [5, 5.41) is 7.09. The molecule has 0 aliphatic rings. The first-order valence-corrected chi connectivity index (χ1v) is 5.81. The van der Waals surface area contributed by atoms with Crippen LogP contribution in [0.4, 0.5) is 5.82 Å². The van der Waals surface area contributed by atoms with Gasteiger partial charge in [-0.1, -0.05) is 24.2 Å². The number of nitrogens with zero attached hydrogens (tertiary/aromatic N) is 1. The van der Waals surface area contributed by atoms with Crippen LogP contribution in [0.15, 0.2) is 36.5 Å². The SMILES string of the molecule is C=C(C)COc1ccc(-c2cn[nH]c2N)cc1Cl. The van der Waals surface area contributed by atoms with Gasteiger partial charge in [0.25, 0.3) is 0 Å². The average molecular weight is 264 g/mol. The van der Waals surface area contributed by atoms with E-state index in [-0.39, 0.29) is 0 Å². The Labute approximate surface area is 110 Å². The first-order valence-electron chi connectivity index (χ1n) is 5.44. The zero-order valence-electron chi connectivity index (χ0n) is 10.0. The zero-order chi connectivity index (χ0) is 13.1. The Kier molecular flexibility index (Phi) is 3.58. The molecule has 3 N–H and O–H groups in total. The molecule has 0 saturated carbocycles. The minimum absolute atomic E-state index is 0.451. The maximum Gasteiger partial charge on any atom is 0.138 e. The van der Waals surface area contributed by atoms with E-state index in [1.807, 2.05) is 19.1 Å². The van der Waals surface area contributed by atoms with Gasteiger partial charge in [-0.15, -0.1) is 0 Å². The molecule has 0 aliphatic carbocycles. The molecule has 0 bridgehead atoms. The fourth-order valence-electron chi connectivity index (χ4n) is 1.51. The molecule has 5 heteroatoms. The van der Waals surface area contributed by atoms with Gasteiger partial charge in [-0.25, -0.2) is 0 Å². The Morgan fingerprint density at radius 2 is 2.33 bits per heavy atom. The number of H-pyrrole nitrogens is 1. The van der Waals surface area contributed by atoms with Crippen molar-refractivity contribution in [2.45, 2.75) is 6.92 Å². The normalized spacial score (nSPS) is 10.3. The lowest BCUT2D eigenvalue weighted by Gasteiger charge is -2.09. The summed E-state index contributed by atoms with van der Waals surface area (Å²) in [5.41, 5.74) is 8.41. The summed E-state index contributed by atoms with van der Waals surface area (Å²) in [6.45, 7) is 6.12. The lowest BCUT2D eigenvalue weighted by molar-refractivity contribution is 0.353. The number of benzene rings is 1. The van der Waals surface area contributed by atoms with Crippen molar-refractivity contribution >= 4 is 17.4 Å². The number of hydrogen-bond donors (Lipinski definition) is 2. The monoisotopic (exact) mass is 263 g/mol. The third-order valence-corrected chi connectivity index (χ3v) is 2.68. The second kappa shape index (κ2) is 5.14. The van der Waals surface area contributed by atoms with Crippen LogP contribution < -0.4 is 10.5 Å². The second-order valence-electron chi connectivity index (χ2n) is 4.09. The quantitative estimate of drug-likeness (QED) is 0.832. The van der Waals surface area contributed by atoms with Gasteiger partial charge in [0.15, 0.2) is 0 Å². The topological polar surface area (TPSA) is 63.9 Å². The predicted octanol–water partition coefficient (Wildman–Crippen LogP) is 3.27. The lowest BCUT2D eigenvalue weighted by Crippen LogP contribution is -1.98. The average Bonchev–Trinajstić information content (AvgIpc) is 2.73. The van der Waals surface area contributed by atoms with Crippen LogP contribution in [0, 0.1) is 0 Å². The first-order chi connectivity index (χ1) is 8.58. The molecule has 0 radical (unpaired) electrons. The van der Waals surface area contributed by atoms with Crippen molar-refractivity contribution in [1.82, 2.24) is 10.2 Å². The van der Waals surface area contributed by atoms with Crippen LogP contribution in [0.5, 0.6) is 5.75 Å². The molecule has 1 aromatic carbocycles. The van der Waals surface area contributed by atoms with E-state index in [1.54, 1.807) is 12.3 Å². The Bertz CT molecular complexity index is 577. The highest BCUT2D eigenvalue weighted by Crippen LogP contribution is 2.32.